The van der Waals surface area contributed by atoms with Crippen LogP contribution in [0.4, 0.5) is 0 Å². The molecule has 0 radical (unpaired) electrons. The van der Waals surface area contributed by atoms with Crippen LogP contribution < -0.4 is 0 Å². The van der Waals surface area contributed by atoms with Crippen molar-refractivity contribution in [2.75, 3.05) is 7.05 Å². The van der Waals surface area contributed by atoms with E-state index in [1.807, 2.05) is 14.8 Å². The molecule has 0 spiro atoms. The van der Waals surface area contributed by atoms with Crippen LogP contribution in [0.5, 0.6) is 0 Å². The summed E-state index contributed by atoms with van der Waals surface area (Å²) in [6, 6.07) is 0. The second kappa shape index (κ2) is 2.00. The Morgan fingerprint density at radius 2 is 2.00 bits per heavy atom. The molecule has 0 aromatic rings. The molecule has 0 fully saturated rings. The first-order chi connectivity index (χ1) is 2.27. The van der Waals surface area contributed by atoms with Gasteiger partial charge in [-0.05, 0) is 12.5 Å². The third-order valence-corrected chi connectivity index (χ3v) is 0.447. The molecule has 0 amide bonds. The second-order valence-electron chi connectivity index (χ2n) is 1.17. The van der Waals surface area contributed by atoms with E-state index in [4.69, 9.17) is 0 Å². The highest BCUT2D eigenvalue weighted by molar-refractivity contribution is 6.59. The SMILES string of the molecule is B/C(C)=N\C. The summed E-state index contributed by atoms with van der Waals surface area (Å²) in [6.07, 6.45) is 0. The van der Waals surface area contributed by atoms with Gasteiger partial charge < -0.3 is 4.99 Å². The lowest BCUT2D eigenvalue weighted by Gasteiger charge is -1.73. The van der Waals surface area contributed by atoms with E-state index in [0.717, 1.165) is 5.61 Å². The van der Waals surface area contributed by atoms with E-state index in [2.05, 4.69) is 4.99 Å². The lowest BCUT2D eigenvalue weighted by Crippen LogP contribution is -1.83. The van der Waals surface area contributed by atoms with Crippen LogP contribution in [0.1, 0.15) is 6.92 Å². The molecule has 0 N–H and O–H groups in total. The van der Waals surface area contributed by atoms with E-state index in [1.54, 1.807) is 7.05 Å². The highest BCUT2D eigenvalue weighted by Gasteiger charge is 1.63. The molecule has 0 aliphatic heterocycles. The monoisotopic (exact) mass is 69.1 g/mol. The Kier molecular flexibility index (Phi) is 1.90. The largest absolute Gasteiger partial charge is 0.308 e. The normalized spacial score (nSPS) is 12.0. The molecular formula is C3H8BN. The van der Waals surface area contributed by atoms with Crippen molar-refractivity contribution >= 4 is 13.5 Å². The zero-order chi connectivity index (χ0) is 4.28. The fraction of sp³-hybridized carbons (Fsp3) is 0.667. The van der Waals surface area contributed by atoms with Gasteiger partial charge in [0.25, 0.3) is 0 Å². The number of rotatable bonds is 0. The summed E-state index contributed by atoms with van der Waals surface area (Å²) in [6.45, 7) is 1.97. The van der Waals surface area contributed by atoms with Gasteiger partial charge in [-0.1, -0.05) is 0 Å². The summed E-state index contributed by atoms with van der Waals surface area (Å²) in [5.41, 5.74) is 1.13. The van der Waals surface area contributed by atoms with E-state index in [9.17, 15) is 0 Å². The molecule has 0 aliphatic carbocycles. The Labute approximate surface area is 33.5 Å². The van der Waals surface area contributed by atoms with Crippen molar-refractivity contribution in [2.24, 2.45) is 4.99 Å². The molecule has 0 bridgehead atoms. The van der Waals surface area contributed by atoms with Gasteiger partial charge in [0.15, 0.2) is 7.85 Å². The topological polar surface area (TPSA) is 12.4 Å². The van der Waals surface area contributed by atoms with Gasteiger partial charge in [0.1, 0.15) is 0 Å². The number of nitrogens with zero attached hydrogens (tertiary/aromatic N) is 1. The van der Waals surface area contributed by atoms with Gasteiger partial charge in [0.05, 0.1) is 0 Å². The van der Waals surface area contributed by atoms with E-state index in [0.29, 0.717) is 0 Å². The van der Waals surface area contributed by atoms with Crippen molar-refractivity contribution in [3.05, 3.63) is 0 Å². The maximum atomic E-state index is 3.81. The standard InChI is InChI=1S/C3H8BN/c1-3(4)5-2/h4H2,1-2H3/b5-3-. The van der Waals surface area contributed by atoms with Crippen LogP contribution in [0.2, 0.25) is 0 Å². The Bertz CT molecular complexity index is 44.9. The number of aliphatic imine (C=N–C) groups is 1. The molecule has 0 aromatic heterocycles. The van der Waals surface area contributed by atoms with Gasteiger partial charge in [-0.25, -0.2) is 0 Å². The van der Waals surface area contributed by atoms with Crippen LogP contribution in [0, 0.1) is 0 Å². The van der Waals surface area contributed by atoms with Crippen molar-refractivity contribution in [2.45, 2.75) is 6.92 Å². The van der Waals surface area contributed by atoms with Crippen LogP contribution >= 0.6 is 0 Å². The summed E-state index contributed by atoms with van der Waals surface area (Å²) in [5, 5.41) is 0. The Morgan fingerprint density at radius 1 is 1.80 bits per heavy atom. The average Bonchev–Trinajstić information content (AvgIpc) is 1.38. The predicted octanol–water partition coefficient (Wildman–Crippen LogP) is -0.332. The maximum Gasteiger partial charge on any atom is 0.157 e. The average molecular weight is 68.9 g/mol. The minimum absolute atomic E-state index is 1.13. The molecule has 0 atom stereocenters. The molecule has 0 aromatic carbocycles. The van der Waals surface area contributed by atoms with Crippen molar-refractivity contribution in [3.63, 3.8) is 0 Å². The third kappa shape index (κ3) is 3.73. The molecular weight excluding hydrogens is 60.9 g/mol. The molecule has 0 saturated carbocycles. The lowest BCUT2D eigenvalue weighted by molar-refractivity contribution is 1.45. The third-order valence-electron chi connectivity index (χ3n) is 0.447. The van der Waals surface area contributed by atoms with Gasteiger partial charge in [0.2, 0.25) is 0 Å². The van der Waals surface area contributed by atoms with Crippen LogP contribution in [0.15, 0.2) is 4.99 Å². The first kappa shape index (κ1) is 4.73. The summed E-state index contributed by atoms with van der Waals surface area (Å²) < 4.78 is 0. The summed E-state index contributed by atoms with van der Waals surface area (Å²) >= 11 is 0. The first-order valence-electron chi connectivity index (χ1n) is 1.67. The minimum Gasteiger partial charge on any atom is -0.308 e. The van der Waals surface area contributed by atoms with Gasteiger partial charge in [-0.2, -0.15) is 0 Å². The number of hydrogen-bond acceptors (Lipinski definition) is 1. The molecule has 0 rings (SSSR count). The lowest BCUT2D eigenvalue weighted by atomic mass is 10.0. The molecule has 5 heavy (non-hydrogen) atoms. The van der Waals surface area contributed by atoms with Gasteiger partial charge in [0, 0.05) is 7.05 Å². The molecule has 0 saturated heterocycles. The Balaban J connectivity index is 3.14. The van der Waals surface area contributed by atoms with Crippen molar-refractivity contribution in [3.8, 4) is 0 Å². The van der Waals surface area contributed by atoms with Crippen LogP contribution in [-0.4, -0.2) is 20.5 Å². The zero-order valence-electron chi connectivity index (χ0n) is 3.95. The van der Waals surface area contributed by atoms with Gasteiger partial charge in [-0.3, -0.25) is 0 Å². The van der Waals surface area contributed by atoms with Gasteiger partial charge in [-0.15, -0.1) is 0 Å². The van der Waals surface area contributed by atoms with Crippen LogP contribution in [-0.2, 0) is 0 Å². The van der Waals surface area contributed by atoms with Crippen LogP contribution in [0.3, 0.4) is 0 Å². The summed E-state index contributed by atoms with van der Waals surface area (Å²) in [5.74, 6) is 0. The Morgan fingerprint density at radius 3 is 2.00 bits per heavy atom. The van der Waals surface area contributed by atoms with E-state index < -0.39 is 0 Å². The van der Waals surface area contributed by atoms with E-state index >= 15 is 0 Å². The highest BCUT2D eigenvalue weighted by atomic mass is 14.6. The Hall–Kier alpha value is -0.265. The summed E-state index contributed by atoms with van der Waals surface area (Å²) in [7, 11) is 3.76. The maximum absolute atomic E-state index is 3.81. The predicted molar refractivity (Wildman–Crippen MR) is 27.6 cm³/mol. The van der Waals surface area contributed by atoms with E-state index in [1.165, 1.54) is 0 Å². The molecule has 0 unspecified atom stereocenters. The smallest absolute Gasteiger partial charge is 0.157 e. The first-order valence-corrected chi connectivity index (χ1v) is 1.67. The van der Waals surface area contributed by atoms with Crippen molar-refractivity contribution in [1.82, 2.24) is 0 Å². The summed E-state index contributed by atoms with van der Waals surface area (Å²) in [4.78, 5) is 3.81. The zero-order valence-corrected chi connectivity index (χ0v) is 3.95. The second-order valence-corrected chi connectivity index (χ2v) is 1.17. The van der Waals surface area contributed by atoms with E-state index in [-0.39, 0.29) is 0 Å². The minimum atomic E-state index is 1.13. The fourth-order valence-electron chi connectivity index (χ4n) is 0. The van der Waals surface area contributed by atoms with Gasteiger partial charge >= 0.3 is 0 Å². The molecule has 1 nitrogen and oxygen atoms in total. The molecule has 28 valence electrons. The molecule has 2 heteroatoms. The van der Waals surface area contributed by atoms with Crippen molar-refractivity contribution < 1.29 is 0 Å². The highest BCUT2D eigenvalue weighted by Crippen LogP contribution is 1.56. The molecule has 0 heterocycles. The number of hydrogen-bond donors (Lipinski definition) is 0. The fourth-order valence-corrected chi connectivity index (χ4v) is 0. The van der Waals surface area contributed by atoms with Crippen molar-refractivity contribution in [1.29, 1.82) is 0 Å². The quantitative estimate of drug-likeness (QED) is 0.272. The van der Waals surface area contributed by atoms with Crippen LogP contribution in [0.25, 0.3) is 0 Å². The molecule has 0 aliphatic rings.